The van der Waals surface area contributed by atoms with Gasteiger partial charge in [-0.25, -0.2) is 0 Å². The molecule has 11 aromatic rings. The maximum atomic E-state index is 9.86. The van der Waals surface area contributed by atoms with Gasteiger partial charge in [0, 0.05) is 17.1 Å². The van der Waals surface area contributed by atoms with E-state index in [1.807, 2.05) is 103 Å². The van der Waals surface area contributed by atoms with Crippen LogP contribution in [-0.4, -0.2) is 0 Å². The van der Waals surface area contributed by atoms with Crippen molar-refractivity contribution in [2.24, 2.45) is 0 Å². The SMILES string of the molecule is [2H]c1c([2H])c(-c2ccc3ccccc3c2)c([2H])c(N(c2ccc(-c3ccc4ccccc4c3-c3ccccc3)cc2)c2c([2H])c([2H])c(-c3ccc(-c4ccc5ccccc5c4)cc3)c([2H])c2[2H])c1[2H]. The summed E-state index contributed by atoms with van der Waals surface area (Å²) in [5.41, 5.74) is 7.08. The predicted molar refractivity (Wildman–Crippen MR) is 261 cm³/mol. The number of benzene rings is 11. The first kappa shape index (κ1) is 28.4. The third kappa shape index (κ3) is 7.03. The normalized spacial score (nSPS) is 13.1. The Bertz CT molecular complexity index is 3790. The second-order valence-corrected chi connectivity index (χ2v) is 15.1. The summed E-state index contributed by atoms with van der Waals surface area (Å²) in [6.07, 6.45) is 0. The van der Waals surface area contributed by atoms with Crippen molar-refractivity contribution in [3.63, 3.8) is 0 Å². The van der Waals surface area contributed by atoms with Crippen molar-refractivity contribution in [1.29, 1.82) is 0 Å². The van der Waals surface area contributed by atoms with Crippen molar-refractivity contribution < 1.29 is 11.0 Å². The Morgan fingerprint density at radius 1 is 0.295 bits per heavy atom. The molecule has 0 N–H and O–H groups in total. The van der Waals surface area contributed by atoms with Gasteiger partial charge in [0.25, 0.3) is 0 Å². The van der Waals surface area contributed by atoms with E-state index in [1.54, 1.807) is 30.3 Å². The van der Waals surface area contributed by atoms with Crippen LogP contribution in [0.3, 0.4) is 0 Å². The van der Waals surface area contributed by atoms with Crippen LogP contribution in [0.4, 0.5) is 17.1 Å². The van der Waals surface area contributed by atoms with Gasteiger partial charge in [-0.3, -0.25) is 0 Å². The zero-order valence-corrected chi connectivity index (χ0v) is 33.0. The van der Waals surface area contributed by atoms with Crippen LogP contribution in [0.25, 0.3) is 88.0 Å². The number of hydrogen-bond acceptors (Lipinski definition) is 1. The quantitative estimate of drug-likeness (QED) is 0.148. The number of hydrogen-bond donors (Lipinski definition) is 0. The van der Waals surface area contributed by atoms with Crippen molar-refractivity contribution in [3.8, 4) is 55.6 Å². The molecule has 11 rings (SSSR count). The van der Waals surface area contributed by atoms with Crippen LogP contribution < -0.4 is 4.90 Å². The molecule has 1 nitrogen and oxygen atoms in total. The highest BCUT2D eigenvalue weighted by molar-refractivity contribution is 6.04. The van der Waals surface area contributed by atoms with Gasteiger partial charge in [-0.2, -0.15) is 0 Å². The minimum Gasteiger partial charge on any atom is -0.310 e. The molecule has 61 heavy (non-hydrogen) atoms. The van der Waals surface area contributed by atoms with Gasteiger partial charge in [0.1, 0.15) is 0 Å². The number of rotatable bonds is 8. The minimum atomic E-state index is -0.454. The van der Waals surface area contributed by atoms with Crippen LogP contribution in [0.2, 0.25) is 0 Å². The summed E-state index contributed by atoms with van der Waals surface area (Å²) in [6, 6.07) is 62.3. The highest BCUT2D eigenvalue weighted by Crippen LogP contribution is 2.42. The van der Waals surface area contributed by atoms with E-state index in [0.29, 0.717) is 16.8 Å². The van der Waals surface area contributed by atoms with Crippen LogP contribution in [0, 0.1) is 0 Å². The molecule has 0 unspecified atom stereocenters. The van der Waals surface area contributed by atoms with Crippen molar-refractivity contribution in [2.45, 2.75) is 0 Å². The van der Waals surface area contributed by atoms with Crippen molar-refractivity contribution >= 4 is 49.4 Å². The summed E-state index contributed by atoms with van der Waals surface area (Å²) in [6.45, 7) is 0. The fraction of sp³-hybridized carbons (Fsp3) is 0. The predicted octanol–water partition coefficient (Wildman–Crippen LogP) is 17.0. The third-order valence-electron chi connectivity index (χ3n) is 11.4. The van der Waals surface area contributed by atoms with Crippen molar-refractivity contribution in [2.75, 3.05) is 4.90 Å². The molecule has 0 radical (unpaired) electrons. The van der Waals surface area contributed by atoms with E-state index in [-0.39, 0.29) is 58.8 Å². The Kier molecular flexibility index (Phi) is 7.29. The second-order valence-electron chi connectivity index (χ2n) is 15.1. The van der Waals surface area contributed by atoms with E-state index in [1.165, 1.54) is 4.90 Å². The molecule has 0 saturated heterocycles. The van der Waals surface area contributed by atoms with E-state index in [2.05, 4.69) is 66.7 Å². The lowest BCUT2D eigenvalue weighted by molar-refractivity contribution is 1.28. The largest absolute Gasteiger partial charge is 0.310 e. The van der Waals surface area contributed by atoms with Gasteiger partial charge >= 0.3 is 0 Å². The van der Waals surface area contributed by atoms with E-state index in [4.69, 9.17) is 1.37 Å². The Morgan fingerprint density at radius 3 is 1.49 bits per heavy atom. The fourth-order valence-corrected chi connectivity index (χ4v) is 8.28. The van der Waals surface area contributed by atoms with Gasteiger partial charge < -0.3 is 4.90 Å². The maximum Gasteiger partial charge on any atom is 0.0651 e. The van der Waals surface area contributed by atoms with Crippen LogP contribution in [-0.2, 0) is 0 Å². The molecule has 0 aliphatic rings. The molecule has 11 aromatic carbocycles. The zero-order valence-electron chi connectivity index (χ0n) is 41.0. The summed E-state index contributed by atoms with van der Waals surface area (Å²) in [4.78, 5) is 1.41. The van der Waals surface area contributed by atoms with Gasteiger partial charge in [0.05, 0.1) is 11.0 Å². The standard InChI is InChI=1S/C60H41N/c1-2-14-49(15-3-1)60-58-20-9-8-13-47(58)33-38-59(60)48-31-36-56(37-32-48)61(57-19-10-18-52(41-57)54-28-26-43-12-5-7-17-51(43)40-54)55-34-29-45(30-35-55)44-21-23-46(24-22-44)53-27-25-42-11-4-6-16-50(42)39-53/h1-41H/i10D,18D,19D,29D,30D,34D,35D,41D. The molecule has 286 valence electrons. The van der Waals surface area contributed by atoms with Crippen LogP contribution >= 0.6 is 0 Å². The summed E-state index contributed by atoms with van der Waals surface area (Å²) >= 11 is 0. The molecule has 0 saturated carbocycles. The second kappa shape index (κ2) is 15.6. The first-order valence-electron chi connectivity index (χ1n) is 24.3. The highest BCUT2D eigenvalue weighted by atomic mass is 15.1. The molecule has 0 spiro atoms. The lowest BCUT2D eigenvalue weighted by atomic mass is 9.90. The monoisotopic (exact) mass is 783 g/mol. The van der Waals surface area contributed by atoms with Crippen LogP contribution in [0.5, 0.6) is 0 Å². The van der Waals surface area contributed by atoms with Gasteiger partial charge in [0.2, 0.25) is 0 Å². The van der Waals surface area contributed by atoms with Crippen molar-refractivity contribution in [1.82, 2.24) is 0 Å². The smallest absolute Gasteiger partial charge is 0.0651 e. The van der Waals surface area contributed by atoms with Crippen molar-refractivity contribution in [3.05, 3.63) is 249 Å². The van der Waals surface area contributed by atoms with Gasteiger partial charge in [-0.15, -0.1) is 0 Å². The molecule has 0 bridgehead atoms. The molecule has 0 aliphatic heterocycles. The van der Waals surface area contributed by atoms with Crippen LogP contribution in [0.15, 0.2) is 249 Å². The van der Waals surface area contributed by atoms with Crippen LogP contribution in [0.1, 0.15) is 11.0 Å². The molecule has 0 heterocycles. The van der Waals surface area contributed by atoms with E-state index in [0.717, 1.165) is 65.7 Å². The zero-order chi connectivity index (χ0) is 47.5. The minimum absolute atomic E-state index is 0.107. The molecular weight excluding hydrogens is 735 g/mol. The third-order valence-corrected chi connectivity index (χ3v) is 11.4. The molecule has 0 amide bonds. The molecular formula is C60H41N. The number of nitrogens with zero attached hydrogens (tertiary/aromatic N) is 1. The molecule has 1 heteroatoms. The Labute approximate surface area is 368 Å². The van der Waals surface area contributed by atoms with E-state index < -0.39 is 12.1 Å². The number of anilines is 3. The Balaban J connectivity index is 1.10. The molecule has 0 aliphatic carbocycles. The first-order chi connectivity index (χ1) is 33.6. The van der Waals surface area contributed by atoms with E-state index in [9.17, 15) is 9.60 Å². The van der Waals surface area contributed by atoms with Gasteiger partial charge in [-0.05, 0) is 136 Å². The average molecular weight is 784 g/mol. The maximum absolute atomic E-state index is 9.86. The lowest BCUT2D eigenvalue weighted by Gasteiger charge is -2.26. The molecule has 0 atom stereocenters. The number of fused-ring (bicyclic) bond motifs is 3. The summed E-state index contributed by atoms with van der Waals surface area (Å²) in [7, 11) is 0. The topological polar surface area (TPSA) is 3.24 Å². The Hall–Kier alpha value is -8.00. The molecule has 0 aromatic heterocycles. The highest BCUT2D eigenvalue weighted by Gasteiger charge is 2.17. The molecule has 0 fully saturated rings. The lowest BCUT2D eigenvalue weighted by Crippen LogP contribution is -2.10. The summed E-state index contributed by atoms with van der Waals surface area (Å²) in [5, 5.41) is 6.23. The summed E-state index contributed by atoms with van der Waals surface area (Å²) < 4.78 is 76.0. The van der Waals surface area contributed by atoms with Gasteiger partial charge in [-0.1, -0.05) is 200 Å². The van der Waals surface area contributed by atoms with E-state index >= 15 is 0 Å². The van der Waals surface area contributed by atoms with Gasteiger partial charge in [0.15, 0.2) is 0 Å². The first-order valence-corrected chi connectivity index (χ1v) is 20.3. The summed E-state index contributed by atoms with van der Waals surface area (Å²) in [5.74, 6) is 0. The fourth-order valence-electron chi connectivity index (χ4n) is 8.28. The average Bonchev–Trinajstić information content (AvgIpc) is 3.39. The Morgan fingerprint density at radius 2 is 0.820 bits per heavy atom.